The third-order valence-corrected chi connectivity index (χ3v) is 5.91. The number of ether oxygens (including phenoxy) is 2. The van der Waals surface area contributed by atoms with Crippen LogP contribution >= 0.6 is 0 Å². The minimum atomic E-state index is -3.92. The van der Waals surface area contributed by atoms with Gasteiger partial charge in [-0.3, -0.25) is 4.72 Å². The summed E-state index contributed by atoms with van der Waals surface area (Å²) in [5.41, 5.74) is 2.34. The predicted octanol–water partition coefficient (Wildman–Crippen LogP) is 4.59. The summed E-state index contributed by atoms with van der Waals surface area (Å²) in [4.78, 5) is 0.170. The number of anilines is 1. The first-order valence-electron chi connectivity index (χ1n) is 9.07. The molecule has 0 aliphatic heterocycles. The highest BCUT2D eigenvalue weighted by Gasteiger charge is 2.23. The molecule has 0 saturated heterocycles. The van der Waals surface area contributed by atoms with E-state index < -0.39 is 10.0 Å². The second-order valence-corrected chi connectivity index (χ2v) is 8.56. The van der Waals surface area contributed by atoms with E-state index in [1.54, 1.807) is 36.4 Å². The van der Waals surface area contributed by atoms with Gasteiger partial charge in [0, 0.05) is 17.7 Å². The molecule has 8 heteroatoms. The number of rotatable bonds is 7. The molecular formula is C21H24N2O5S. The van der Waals surface area contributed by atoms with Crippen molar-refractivity contribution in [2.75, 3.05) is 18.9 Å². The first kappa shape index (κ1) is 20.7. The third-order valence-electron chi connectivity index (χ3n) is 4.49. The molecule has 29 heavy (non-hydrogen) atoms. The summed E-state index contributed by atoms with van der Waals surface area (Å²) < 4.78 is 45.1. The number of methoxy groups -OCH3 is 2. The molecule has 1 heterocycles. The maximum absolute atomic E-state index is 13.3. The number of sulfonamides is 1. The maximum Gasteiger partial charge on any atom is 0.262 e. The maximum atomic E-state index is 13.3. The Morgan fingerprint density at radius 1 is 1.03 bits per heavy atom. The quantitative estimate of drug-likeness (QED) is 0.606. The summed E-state index contributed by atoms with van der Waals surface area (Å²) in [7, 11) is -0.926. The molecule has 0 radical (unpaired) electrons. The Labute approximate surface area is 170 Å². The van der Waals surface area contributed by atoms with Gasteiger partial charge < -0.3 is 14.0 Å². The molecule has 0 aliphatic carbocycles. The van der Waals surface area contributed by atoms with Crippen LogP contribution in [0.3, 0.4) is 0 Å². The second-order valence-electron chi connectivity index (χ2n) is 6.91. The van der Waals surface area contributed by atoms with E-state index in [-0.39, 0.29) is 10.8 Å². The van der Waals surface area contributed by atoms with Crippen molar-refractivity contribution in [2.24, 2.45) is 0 Å². The first-order chi connectivity index (χ1) is 13.7. The molecule has 3 rings (SSSR count). The average Bonchev–Trinajstić information content (AvgIpc) is 3.13. The molecule has 0 aliphatic rings. The number of hydrogen-bond acceptors (Lipinski definition) is 6. The molecule has 154 valence electrons. The minimum absolute atomic E-state index is 0.000655. The minimum Gasteiger partial charge on any atom is -0.497 e. The molecule has 0 spiro atoms. The topological polar surface area (TPSA) is 90.7 Å². The van der Waals surface area contributed by atoms with E-state index in [0.717, 1.165) is 5.69 Å². The normalized spacial score (nSPS) is 11.5. The fraction of sp³-hybridized carbons (Fsp3) is 0.286. The van der Waals surface area contributed by atoms with Crippen molar-refractivity contribution >= 4 is 15.7 Å². The Morgan fingerprint density at radius 3 is 2.38 bits per heavy atom. The van der Waals surface area contributed by atoms with Crippen LogP contribution in [-0.2, 0) is 10.0 Å². The standard InChI is InChI=1S/C21H24N2O5S/c1-13(2)17-8-6-15(20-10-14(3)22-28-20)11-21(17)29(24,25)23-18-12-16(26-4)7-9-19(18)27-5/h6-13,23H,1-5H3. The van der Waals surface area contributed by atoms with E-state index in [1.165, 1.54) is 14.2 Å². The van der Waals surface area contributed by atoms with Crippen molar-refractivity contribution < 1.29 is 22.4 Å². The zero-order valence-corrected chi connectivity index (χ0v) is 17.8. The lowest BCUT2D eigenvalue weighted by Crippen LogP contribution is -2.16. The number of hydrogen-bond donors (Lipinski definition) is 1. The average molecular weight is 416 g/mol. The van der Waals surface area contributed by atoms with Gasteiger partial charge in [0.25, 0.3) is 10.0 Å². The molecule has 0 bridgehead atoms. The molecule has 0 amide bonds. The van der Waals surface area contributed by atoms with Crippen LogP contribution in [-0.4, -0.2) is 27.8 Å². The monoisotopic (exact) mass is 416 g/mol. The van der Waals surface area contributed by atoms with Crippen LogP contribution in [0.2, 0.25) is 0 Å². The SMILES string of the molecule is COc1ccc(OC)c(NS(=O)(=O)c2cc(-c3cc(C)no3)ccc2C(C)C)c1. The predicted molar refractivity (Wildman–Crippen MR) is 111 cm³/mol. The van der Waals surface area contributed by atoms with Crippen LogP contribution in [0.25, 0.3) is 11.3 Å². The fourth-order valence-corrected chi connectivity index (χ4v) is 4.45. The van der Waals surface area contributed by atoms with Crippen molar-refractivity contribution in [2.45, 2.75) is 31.6 Å². The molecule has 0 saturated carbocycles. The van der Waals surface area contributed by atoms with Crippen LogP contribution in [0.4, 0.5) is 5.69 Å². The molecule has 7 nitrogen and oxygen atoms in total. The summed E-state index contributed by atoms with van der Waals surface area (Å²) in [6, 6.07) is 11.9. The lowest BCUT2D eigenvalue weighted by atomic mass is 10.0. The molecule has 0 atom stereocenters. The highest BCUT2D eigenvalue weighted by Crippen LogP contribution is 2.34. The van der Waals surface area contributed by atoms with Gasteiger partial charge in [0.1, 0.15) is 11.5 Å². The fourth-order valence-electron chi connectivity index (χ4n) is 2.99. The van der Waals surface area contributed by atoms with Crippen molar-refractivity contribution in [1.82, 2.24) is 5.16 Å². The van der Waals surface area contributed by atoms with Crippen LogP contribution in [0.15, 0.2) is 51.9 Å². The van der Waals surface area contributed by atoms with Crippen molar-refractivity contribution in [3.63, 3.8) is 0 Å². The van der Waals surface area contributed by atoms with Crippen LogP contribution in [0.5, 0.6) is 11.5 Å². The van der Waals surface area contributed by atoms with E-state index in [4.69, 9.17) is 14.0 Å². The van der Waals surface area contributed by atoms with Gasteiger partial charge in [0.15, 0.2) is 5.76 Å². The summed E-state index contributed by atoms with van der Waals surface area (Å²) >= 11 is 0. The number of nitrogens with one attached hydrogen (secondary N) is 1. The van der Waals surface area contributed by atoms with Crippen molar-refractivity contribution in [3.05, 3.63) is 53.7 Å². The largest absolute Gasteiger partial charge is 0.497 e. The van der Waals surface area contributed by atoms with Gasteiger partial charge in [-0.1, -0.05) is 31.1 Å². The first-order valence-corrected chi connectivity index (χ1v) is 10.6. The molecule has 3 aromatic rings. The van der Waals surface area contributed by atoms with Gasteiger partial charge in [-0.2, -0.15) is 0 Å². The molecule has 0 fully saturated rings. The third kappa shape index (κ3) is 4.37. The summed E-state index contributed by atoms with van der Waals surface area (Å²) in [5.74, 6) is 1.41. The van der Waals surface area contributed by atoms with Gasteiger partial charge in [-0.05, 0) is 36.6 Å². The van der Waals surface area contributed by atoms with Crippen molar-refractivity contribution in [1.29, 1.82) is 0 Å². The van der Waals surface area contributed by atoms with Gasteiger partial charge in [-0.25, -0.2) is 8.42 Å². The summed E-state index contributed by atoms with van der Waals surface area (Å²) in [6.45, 7) is 5.70. The lowest BCUT2D eigenvalue weighted by Gasteiger charge is -2.17. The molecule has 2 aromatic carbocycles. The van der Waals surface area contributed by atoms with E-state index in [9.17, 15) is 8.42 Å². The summed E-state index contributed by atoms with van der Waals surface area (Å²) in [5, 5.41) is 3.88. The Morgan fingerprint density at radius 2 is 1.79 bits per heavy atom. The lowest BCUT2D eigenvalue weighted by molar-refractivity contribution is 0.405. The Balaban J connectivity index is 2.10. The number of aromatic nitrogens is 1. The van der Waals surface area contributed by atoms with E-state index >= 15 is 0 Å². The number of nitrogens with zero attached hydrogens (tertiary/aromatic N) is 1. The molecule has 0 unspecified atom stereocenters. The Hall–Kier alpha value is -3.00. The second kappa shape index (κ2) is 8.16. The zero-order valence-electron chi connectivity index (χ0n) is 17.0. The van der Waals surface area contributed by atoms with Crippen LogP contribution in [0.1, 0.15) is 31.0 Å². The van der Waals surface area contributed by atoms with Crippen LogP contribution < -0.4 is 14.2 Å². The smallest absolute Gasteiger partial charge is 0.262 e. The van der Waals surface area contributed by atoms with Gasteiger partial charge >= 0.3 is 0 Å². The van der Waals surface area contributed by atoms with E-state index in [2.05, 4.69) is 9.88 Å². The zero-order chi connectivity index (χ0) is 21.2. The van der Waals surface area contributed by atoms with E-state index in [1.807, 2.05) is 26.8 Å². The van der Waals surface area contributed by atoms with E-state index in [0.29, 0.717) is 34.1 Å². The van der Waals surface area contributed by atoms with Gasteiger partial charge in [-0.15, -0.1) is 0 Å². The van der Waals surface area contributed by atoms with Gasteiger partial charge in [0.05, 0.1) is 30.5 Å². The highest BCUT2D eigenvalue weighted by atomic mass is 32.2. The van der Waals surface area contributed by atoms with Crippen LogP contribution in [0, 0.1) is 6.92 Å². The number of aryl methyl sites for hydroxylation is 1. The molecule has 1 N–H and O–H groups in total. The summed E-state index contributed by atoms with van der Waals surface area (Å²) in [6.07, 6.45) is 0. The molecule has 1 aromatic heterocycles. The van der Waals surface area contributed by atoms with Gasteiger partial charge in [0.2, 0.25) is 0 Å². The number of benzene rings is 2. The molecular weight excluding hydrogens is 392 g/mol. The Kier molecular flexibility index (Phi) is 5.83. The Bertz CT molecular complexity index is 1120. The van der Waals surface area contributed by atoms with Crippen molar-refractivity contribution in [3.8, 4) is 22.8 Å². The highest BCUT2D eigenvalue weighted by molar-refractivity contribution is 7.92.